The summed E-state index contributed by atoms with van der Waals surface area (Å²) in [6, 6.07) is 11.2. The Bertz CT molecular complexity index is 1050. The van der Waals surface area contributed by atoms with Crippen molar-refractivity contribution in [3.8, 4) is 5.75 Å². The molecule has 2 heterocycles. The normalized spacial score (nSPS) is 19.6. The summed E-state index contributed by atoms with van der Waals surface area (Å²) in [4.78, 5) is 4.29. The van der Waals surface area contributed by atoms with E-state index in [2.05, 4.69) is 9.64 Å². The Kier molecular flexibility index (Phi) is 6.83. The van der Waals surface area contributed by atoms with Crippen LogP contribution in [0.15, 0.2) is 53.4 Å². The fourth-order valence-corrected chi connectivity index (χ4v) is 5.92. The Balaban J connectivity index is 1.31. The van der Waals surface area contributed by atoms with Gasteiger partial charge in [0.05, 0.1) is 10.6 Å². The van der Waals surface area contributed by atoms with E-state index in [0.717, 1.165) is 37.4 Å². The highest BCUT2D eigenvalue weighted by molar-refractivity contribution is 7.89. The third-order valence-corrected chi connectivity index (χ3v) is 8.06. The lowest BCUT2D eigenvalue weighted by atomic mass is 10.0. The number of sulfonamides is 1. The zero-order valence-electron chi connectivity index (χ0n) is 17.8. The number of hydrogen-bond donors (Lipinski definition) is 0. The van der Waals surface area contributed by atoms with E-state index in [9.17, 15) is 26.0 Å². The number of hydrogen-bond acceptors (Lipinski definition) is 5. The first-order chi connectivity index (χ1) is 15.6. The highest BCUT2D eigenvalue weighted by Gasteiger charge is 2.34. The SMILES string of the molecule is O=S(=O)(c1ccc(OC(F)(F)F)cc1)N1CCC(N2CCN(c3ccccc3F)CC2)CC1. The molecule has 0 aliphatic carbocycles. The molecule has 180 valence electrons. The quantitative estimate of drug-likeness (QED) is 0.602. The van der Waals surface area contributed by atoms with Crippen LogP contribution in [0.25, 0.3) is 0 Å². The Morgan fingerprint density at radius 3 is 2.03 bits per heavy atom. The van der Waals surface area contributed by atoms with E-state index in [0.29, 0.717) is 44.7 Å². The summed E-state index contributed by atoms with van der Waals surface area (Å²) >= 11 is 0. The maximum absolute atomic E-state index is 14.0. The average molecular weight is 488 g/mol. The first kappa shape index (κ1) is 23.8. The summed E-state index contributed by atoms with van der Waals surface area (Å²) in [7, 11) is -3.80. The molecule has 6 nitrogen and oxygen atoms in total. The van der Waals surface area contributed by atoms with Crippen LogP contribution in [0.1, 0.15) is 12.8 Å². The van der Waals surface area contributed by atoms with E-state index >= 15 is 0 Å². The van der Waals surface area contributed by atoms with E-state index in [4.69, 9.17) is 0 Å². The highest BCUT2D eigenvalue weighted by atomic mass is 32.2. The Morgan fingerprint density at radius 1 is 0.848 bits per heavy atom. The molecule has 0 atom stereocenters. The minimum atomic E-state index is -4.83. The van der Waals surface area contributed by atoms with Crippen LogP contribution in [0.3, 0.4) is 0 Å². The predicted molar refractivity (Wildman–Crippen MR) is 115 cm³/mol. The Hall–Kier alpha value is -2.37. The first-order valence-corrected chi connectivity index (χ1v) is 12.2. The number of piperazine rings is 1. The molecular formula is C22H25F4N3O3S. The van der Waals surface area contributed by atoms with Gasteiger partial charge in [-0.3, -0.25) is 4.90 Å². The molecule has 11 heteroatoms. The van der Waals surface area contributed by atoms with Gasteiger partial charge in [-0.2, -0.15) is 4.31 Å². The van der Waals surface area contributed by atoms with Crippen LogP contribution in [0, 0.1) is 5.82 Å². The zero-order valence-corrected chi connectivity index (χ0v) is 18.7. The van der Waals surface area contributed by atoms with E-state index in [1.54, 1.807) is 12.1 Å². The van der Waals surface area contributed by atoms with Crippen LogP contribution in [0.4, 0.5) is 23.2 Å². The summed E-state index contributed by atoms with van der Waals surface area (Å²) in [5.41, 5.74) is 0.602. The van der Waals surface area contributed by atoms with Gasteiger partial charge in [0.1, 0.15) is 11.6 Å². The van der Waals surface area contributed by atoms with Crippen molar-refractivity contribution in [2.75, 3.05) is 44.2 Å². The van der Waals surface area contributed by atoms with Crippen LogP contribution in [-0.2, 0) is 10.0 Å². The van der Waals surface area contributed by atoms with E-state index < -0.39 is 22.1 Å². The lowest BCUT2D eigenvalue weighted by molar-refractivity contribution is -0.274. The van der Waals surface area contributed by atoms with Crippen molar-refractivity contribution < 1.29 is 30.7 Å². The summed E-state index contributed by atoms with van der Waals surface area (Å²) in [6.45, 7) is 3.61. The van der Waals surface area contributed by atoms with E-state index in [1.807, 2.05) is 11.0 Å². The topological polar surface area (TPSA) is 53.1 Å². The van der Waals surface area contributed by atoms with Crippen molar-refractivity contribution in [3.05, 3.63) is 54.3 Å². The van der Waals surface area contributed by atoms with Crippen molar-refractivity contribution in [2.24, 2.45) is 0 Å². The maximum atomic E-state index is 14.0. The average Bonchev–Trinajstić information content (AvgIpc) is 2.79. The van der Waals surface area contributed by atoms with Gasteiger partial charge in [-0.15, -0.1) is 13.2 Å². The molecule has 0 N–H and O–H groups in total. The van der Waals surface area contributed by atoms with Crippen LogP contribution in [0.2, 0.25) is 0 Å². The van der Waals surface area contributed by atoms with E-state index in [-0.39, 0.29) is 16.8 Å². The summed E-state index contributed by atoms with van der Waals surface area (Å²) in [5, 5.41) is 0. The fraction of sp³-hybridized carbons (Fsp3) is 0.455. The number of rotatable bonds is 5. The molecule has 2 aromatic rings. The van der Waals surface area contributed by atoms with Crippen molar-refractivity contribution in [2.45, 2.75) is 30.1 Å². The maximum Gasteiger partial charge on any atom is 0.573 e. The van der Waals surface area contributed by atoms with Crippen molar-refractivity contribution in [3.63, 3.8) is 0 Å². The standard InChI is InChI=1S/C22H25F4N3O3S/c23-20-3-1-2-4-21(20)28-15-13-27(14-16-28)17-9-11-29(12-10-17)33(30,31)19-7-5-18(6-8-19)32-22(24,25)26/h1-8,17H,9-16H2. The first-order valence-electron chi connectivity index (χ1n) is 10.7. The van der Waals surface area contributed by atoms with E-state index in [1.165, 1.54) is 10.4 Å². The molecule has 0 aromatic heterocycles. The summed E-state index contributed by atoms with van der Waals surface area (Å²) in [5.74, 6) is -0.697. The molecule has 2 aliphatic heterocycles. The van der Waals surface area contributed by atoms with Crippen molar-refractivity contribution >= 4 is 15.7 Å². The number of para-hydroxylation sites is 1. The molecule has 0 saturated carbocycles. The molecule has 4 rings (SSSR count). The third-order valence-electron chi connectivity index (χ3n) is 6.14. The van der Waals surface area contributed by atoms with Crippen LogP contribution < -0.4 is 9.64 Å². The lowest BCUT2D eigenvalue weighted by Gasteiger charge is -2.43. The van der Waals surface area contributed by atoms with Crippen molar-refractivity contribution in [1.82, 2.24) is 9.21 Å². The molecule has 2 aromatic carbocycles. The minimum absolute atomic E-state index is 0.0611. The second kappa shape index (κ2) is 9.47. The Labute approximate surface area is 190 Å². The second-order valence-electron chi connectivity index (χ2n) is 8.13. The van der Waals surface area contributed by atoms with Crippen LogP contribution in [0.5, 0.6) is 5.75 Å². The van der Waals surface area contributed by atoms with Crippen LogP contribution in [-0.4, -0.2) is 69.3 Å². The van der Waals surface area contributed by atoms with Gasteiger partial charge in [-0.05, 0) is 49.2 Å². The van der Waals surface area contributed by atoms with Crippen molar-refractivity contribution in [1.29, 1.82) is 0 Å². The third kappa shape index (κ3) is 5.59. The molecular weight excluding hydrogens is 462 g/mol. The summed E-state index contributed by atoms with van der Waals surface area (Å²) < 4.78 is 82.0. The molecule has 2 saturated heterocycles. The number of alkyl halides is 3. The largest absolute Gasteiger partial charge is 0.573 e. The second-order valence-corrected chi connectivity index (χ2v) is 10.1. The van der Waals surface area contributed by atoms with Gasteiger partial charge in [-0.25, -0.2) is 12.8 Å². The van der Waals surface area contributed by atoms with Gasteiger partial charge < -0.3 is 9.64 Å². The van der Waals surface area contributed by atoms with Gasteiger partial charge in [0.15, 0.2) is 0 Å². The van der Waals surface area contributed by atoms with Gasteiger partial charge in [-0.1, -0.05) is 12.1 Å². The molecule has 0 radical (unpaired) electrons. The molecule has 0 bridgehead atoms. The monoisotopic (exact) mass is 487 g/mol. The minimum Gasteiger partial charge on any atom is -0.406 e. The molecule has 0 spiro atoms. The molecule has 33 heavy (non-hydrogen) atoms. The van der Waals surface area contributed by atoms with Crippen LogP contribution >= 0.6 is 0 Å². The molecule has 0 unspecified atom stereocenters. The van der Waals surface area contributed by atoms with Gasteiger partial charge >= 0.3 is 6.36 Å². The number of halogens is 4. The smallest absolute Gasteiger partial charge is 0.406 e. The molecule has 2 aliphatic rings. The Morgan fingerprint density at radius 2 is 1.45 bits per heavy atom. The molecule has 2 fully saturated rings. The predicted octanol–water partition coefficient (Wildman–Crippen LogP) is 3.70. The van der Waals surface area contributed by atoms with Gasteiger partial charge in [0.2, 0.25) is 10.0 Å². The highest BCUT2D eigenvalue weighted by Crippen LogP contribution is 2.28. The van der Waals surface area contributed by atoms with Gasteiger partial charge in [0.25, 0.3) is 0 Å². The molecule has 0 amide bonds. The number of anilines is 1. The lowest BCUT2D eigenvalue weighted by Crippen LogP contribution is -2.53. The number of benzene rings is 2. The zero-order chi connectivity index (χ0) is 23.6. The number of ether oxygens (including phenoxy) is 1. The summed E-state index contributed by atoms with van der Waals surface area (Å²) in [6.07, 6.45) is -3.51. The number of nitrogens with zero attached hydrogens (tertiary/aromatic N) is 3. The number of piperidine rings is 1. The fourth-order valence-electron chi connectivity index (χ4n) is 4.45. The van der Waals surface area contributed by atoms with Gasteiger partial charge in [0, 0.05) is 45.3 Å².